The number of likely N-dealkylation sites (tertiary alicyclic amines) is 1. The SMILES string of the molecule is O=CC1CCCCN1CO. The number of rotatable bonds is 2. The van der Waals surface area contributed by atoms with Crippen LogP contribution < -0.4 is 0 Å². The summed E-state index contributed by atoms with van der Waals surface area (Å²) < 4.78 is 0. The molecule has 0 aromatic rings. The smallest absolute Gasteiger partial charge is 0.137 e. The van der Waals surface area contributed by atoms with E-state index >= 15 is 0 Å². The average molecular weight is 143 g/mol. The molecule has 1 saturated heterocycles. The molecule has 3 nitrogen and oxygen atoms in total. The summed E-state index contributed by atoms with van der Waals surface area (Å²) in [7, 11) is 0. The predicted octanol–water partition coefficient (Wildman–Crippen LogP) is -0.0104. The first kappa shape index (κ1) is 7.69. The monoisotopic (exact) mass is 143 g/mol. The normalized spacial score (nSPS) is 28.3. The molecule has 0 saturated carbocycles. The van der Waals surface area contributed by atoms with E-state index in [1.807, 2.05) is 0 Å². The van der Waals surface area contributed by atoms with Gasteiger partial charge in [0.2, 0.25) is 0 Å². The van der Waals surface area contributed by atoms with Gasteiger partial charge in [-0.15, -0.1) is 0 Å². The second kappa shape index (κ2) is 3.68. The molecule has 1 N–H and O–H groups in total. The van der Waals surface area contributed by atoms with Gasteiger partial charge in [-0.05, 0) is 12.8 Å². The van der Waals surface area contributed by atoms with Crippen LogP contribution in [0.1, 0.15) is 19.3 Å². The Balaban J connectivity index is 2.41. The number of carbonyl (C=O) groups is 1. The summed E-state index contributed by atoms with van der Waals surface area (Å²) in [5, 5.41) is 8.76. The molecular weight excluding hydrogens is 130 g/mol. The Morgan fingerprint density at radius 1 is 1.60 bits per heavy atom. The molecule has 0 bridgehead atoms. The van der Waals surface area contributed by atoms with E-state index in [9.17, 15) is 4.79 Å². The van der Waals surface area contributed by atoms with Crippen LogP contribution in [0.3, 0.4) is 0 Å². The molecule has 0 radical (unpaired) electrons. The van der Waals surface area contributed by atoms with Gasteiger partial charge in [0, 0.05) is 6.54 Å². The molecule has 1 aliphatic heterocycles. The number of carbonyl (C=O) groups excluding carboxylic acids is 1. The maximum Gasteiger partial charge on any atom is 0.137 e. The molecule has 0 aliphatic carbocycles. The standard InChI is InChI=1S/C7H13NO2/c9-5-7-3-1-2-4-8(7)6-10/h5,7,10H,1-4,6H2. The van der Waals surface area contributed by atoms with Gasteiger partial charge in [0.15, 0.2) is 0 Å². The number of piperidine rings is 1. The zero-order valence-electron chi connectivity index (χ0n) is 5.99. The highest BCUT2D eigenvalue weighted by Crippen LogP contribution is 2.13. The van der Waals surface area contributed by atoms with Crippen molar-refractivity contribution >= 4 is 6.29 Å². The molecule has 0 spiro atoms. The molecule has 0 amide bonds. The minimum absolute atomic E-state index is 0.0173. The van der Waals surface area contributed by atoms with Crippen LogP contribution in [0.25, 0.3) is 0 Å². The second-order valence-corrected chi connectivity index (χ2v) is 2.65. The zero-order valence-corrected chi connectivity index (χ0v) is 5.99. The van der Waals surface area contributed by atoms with Gasteiger partial charge in [-0.1, -0.05) is 6.42 Å². The number of aliphatic hydroxyl groups excluding tert-OH is 1. The van der Waals surface area contributed by atoms with E-state index in [1.54, 1.807) is 4.90 Å². The van der Waals surface area contributed by atoms with Gasteiger partial charge in [0.25, 0.3) is 0 Å². The van der Waals surface area contributed by atoms with Crippen LogP contribution in [0, 0.1) is 0 Å². The van der Waals surface area contributed by atoms with Crippen LogP contribution in [-0.2, 0) is 4.79 Å². The summed E-state index contributed by atoms with van der Waals surface area (Å²) in [6.07, 6.45) is 4.05. The summed E-state index contributed by atoms with van der Waals surface area (Å²) in [4.78, 5) is 12.2. The molecule has 0 aromatic carbocycles. The Hall–Kier alpha value is -0.410. The van der Waals surface area contributed by atoms with Crippen molar-refractivity contribution in [2.24, 2.45) is 0 Å². The first-order valence-electron chi connectivity index (χ1n) is 3.68. The van der Waals surface area contributed by atoms with Crippen molar-refractivity contribution in [2.45, 2.75) is 25.3 Å². The van der Waals surface area contributed by atoms with E-state index in [0.29, 0.717) is 0 Å². The first-order chi connectivity index (χ1) is 4.88. The molecule has 1 heterocycles. The molecule has 1 fully saturated rings. The maximum atomic E-state index is 10.4. The molecule has 10 heavy (non-hydrogen) atoms. The summed E-state index contributed by atoms with van der Waals surface area (Å²) in [6.45, 7) is 0.878. The molecule has 3 heteroatoms. The second-order valence-electron chi connectivity index (χ2n) is 2.65. The van der Waals surface area contributed by atoms with Gasteiger partial charge in [0.1, 0.15) is 6.29 Å². The van der Waals surface area contributed by atoms with Crippen LogP contribution in [0.5, 0.6) is 0 Å². The molecule has 58 valence electrons. The van der Waals surface area contributed by atoms with E-state index in [4.69, 9.17) is 5.11 Å². The number of nitrogens with zero attached hydrogens (tertiary/aromatic N) is 1. The average Bonchev–Trinajstić information content (AvgIpc) is 2.04. The Labute approximate surface area is 60.6 Å². The number of hydrogen-bond donors (Lipinski definition) is 1. The summed E-state index contributed by atoms with van der Waals surface area (Å²) in [5.41, 5.74) is 0. The van der Waals surface area contributed by atoms with Crippen molar-refractivity contribution in [2.75, 3.05) is 13.3 Å². The van der Waals surface area contributed by atoms with Crippen LogP contribution in [-0.4, -0.2) is 35.6 Å². The van der Waals surface area contributed by atoms with Crippen molar-refractivity contribution in [1.29, 1.82) is 0 Å². The lowest BCUT2D eigenvalue weighted by Crippen LogP contribution is -2.40. The van der Waals surface area contributed by atoms with Gasteiger partial charge in [-0.3, -0.25) is 4.90 Å². The van der Waals surface area contributed by atoms with E-state index in [1.165, 1.54) is 0 Å². The number of aldehydes is 1. The minimum atomic E-state index is -0.0289. The van der Waals surface area contributed by atoms with E-state index < -0.39 is 0 Å². The molecule has 1 unspecified atom stereocenters. The lowest BCUT2D eigenvalue weighted by molar-refractivity contribution is -0.115. The fourth-order valence-corrected chi connectivity index (χ4v) is 1.35. The van der Waals surface area contributed by atoms with Crippen molar-refractivity contribution in [3.63, 3.8) is 0 Å². The third-order valence-corrected chi connectivity index (χ3v) is 2.00. The lowest BCUT2D eigenvalue weighted by atomic mass is 10.0. The van der Waals surface area contributed by atoms with E-state index in [-0.39, 0.29) is 12.8 Å². The molecular formula is C7H13NO2. The Kier molecular flexibility index (Phi) is 2.83. The Bertz CT molecular complexity index is 116. The van der Waals surface area contributed by atoms with Gasteiger partial charge in [0.05, 0.1) is 12.8 Å². The maximum absolute atomic E-state index is 10.4. The largest absolute Gasteiger partial charge is 0.381 e. The van der Waals surface area contributed by atoms with Crippen LogP contribution in [0.15, 0.2) is 0 Å². The fourth-order valence-electron chi connectivity index (χ4n) is 1.35. The summed E-state index contributed by atoms with van der Waals surface area (Å²) in [6, 6.07) is -0.0289. The van der Waals surface area contributed by atoms with E-state index in [2.05, 4.69) is 0 Å². The summed E-state index contributed by atoms with van der Waals surface area (Å²) >= 11 is 0. The molecule has 1 rings (SSSR count). The van der Waals surface area contributed by atoms with E-state index in [0.717, 1.165) is 32.1 Å². The lowest BCUT2D eigenvalue weighted by Gasteiger charge is -2.29. The van der Waals surface area contributed by atoms with Crippen LogP contribution in [0.2, 0.25) is 0 Å². The summed E-state index contributed by atoms with van der Waals surface area (Å²) in [5.74, 6) is 0. The van der Waals surface area contributed by atoms with Crippen LogP contribution in [0.4, 0.5) is 0 Å². The highest BCUT2D eigenvalue weighted by molar-refractivity contribution is 5.57. The van der Waals surface area contributed by atoms with Crippen molar-refractivity contribution in [3.8, 4) is 0 Å². The number of hydrogen-bond acceptors (Lipinski definition) is 3. The molecule has 1 atom stereocenters. The van der Waals surface area contributed by atoms with Crippen LogP contribution >= 0.6 is 0 Å². The van der Waals surface area contributed by atoms with Crippen molar-refractivity contribution in [1.82, 2.24) is 4.90 Å². The van der Waals surface area contributed by atoms with Gasteiger partial charge in [-0.2, -0.15) is 0 Å². The quantitative estimate of drug-likeness (QED) is 0.553. The minimum Gasteiger partial charge on any atom is -0.381 e. The van der Waals surface area contributed by atoms with Gasteiger partial charge < -0.3 is 9.90 Å². The third kappa shape index (κ3) is 1.55. The molecule has 0 aromatic heterocycles. The zero-order chi connectivity index (χ0) is 7.40. The molecule has 1 aliphatic rings. The third-order valence-electron chi connectivity index (χ3n) is 2.00. The highest BCUT2D eigenvalue weighted by Gasteiger charge is 2.19. The first-order valence-corrected chi connectivity index (χ1v) is 3.68. The number of aliphatic hydroxyl groups is 1. The Morgan fingerprint density at radius 2 is 2.40 bits per heavy atom. The van der Waals surface area contributed by atoms with Gasteiger partial charge >= 0.3 is 0 Å². The van der Waals surface area contributed by atoms with Crippen molar-refractivity contribution in [3.05, 3.63) is 0 Å². The van der Waals surface area contributed by atoms with Crippen molar-refractivity contribution < 1.29 is 9.90 Å². The fraction of sp³-hybridized carbons (Fsp3) is 0.857. The highest BCUT2D eigenvalue weighted by atomic mass is 16.3. The van der Waals surface area contributed by atoms with Gasteiger partial charge in [-0.25, -0.2) is 0 Å². The Morgan fingerprint density at radius 3 is 2.90 bits per heavy atom. The predicted molar refractivity (Wildman–Crippen MR) is 37.5 cm³/mol. The topological polar surface area (TPSA) is 40.5 Å².